The minimum Gasteiger partial charge on any atom is -0.536 e. The van der Waals surface area contributed by atoms with Gasteiger partial charge in [0.25, 0.3) is 0 Å². The molecule has 0 fully saturated rings. The minimum atomic E-state index is -0.109. The summed E-state index contributed by atoms with van der Waals surface area (Å²) in [5, 5.41) is 0. The van der Waals surface area contributed by atoms with E-state index in [1.54, 1.807) is 0 Å². The van der Waals surface area contributed by atoms with Crippen LogP contribution in [0.2, 0.25) is 0 Å². The SMILES string of the molecule is Cc1ccc2c(c1)OB(c1ccccc1)N2CCCN1B(c2ccccc2)Oc2cc(C)ccc21. The van der Waals surface area contributed by atoms with Gasteiger partial charge in [0.2, 0.25) is 0 Å². The number of hydrogen-bond acceptors (Lipinski definition) is 4. The fourth-order valence-corrected chi connectivity index (χ4v) is 5.14. The topological polar surface area (TPSA) is 24.9 Å². The number of nitrogens with zero attached hydrogens (tertiary/aromatic N) is 2. The Morgan fingerprint density at radius 3 is 1.43 bits per heavy atom. The molecule has 4 nitrogen and oxygen atoms in total. The normalized spacial score (nSPS) is 14.0. The lowest BCUT2D eigenvalue weighted by atomic mass is 9.71. The van der Waals surface area contributed by atoms with Crippen molar-refractivity contribution in [3.8, 4) is 11.5 Å². The molecule has 6 heteroatoms. The van der Waals surface area contributed by atoms with Crippen LogP contribution in [-0.2, 0) is 0 Å². The molecule has 2 aliphatic rings. The van der Waals surface area contributed by atoms with Crippen molar-refractivity contribution in [2.24, 2.45) is 0 Å². The van der Waals surface area contributed by atoms with E-state index in [9.17, 15) is 0 Å². The summed E-state index contributed by atoms with van der Waals surface area (Å²) in [6.45, 7) is 5.99. The van der Waals surface area contributed by atoms with E-state index in [4.69, 9.17) is 9.31 Å². The van der Waals surface area contributed by atoms with Crippen molar-refractivity contribution in [1.29, 1.82) is 0 Å². The Bertz CT molecular complexity index is 1230. The summed E-state index contributed by atoms with van der Waals surface area (Å²) in [7, 11) is -0.217. The third-order valence-corrected chi connectivity index (χ3v) is 6.86. The van der Waals surface area contributed by atoms with Gasteiger partial charge in [-0.15, -0.1) is 0 Å². The van der Waals surface area contributed by atoms with Crippen LogP contribution in [0.25, 0.3) is 0 Å². The van der Waals surface area contributed by atoms with Crippen molar-refractivity contribution >= 4 is 36.4 Å². The molecule has 0 amide bonds. The maximum atomic E-state index is 6.46. The first kappa shape index (κ1) is 21.7. The van der Waals surface area contributed by atoms with Crippen molar-refractivity contribution in [3.63, 3.8) is 0 Å². The summed E-state index contributed by atoms with van der Waals surface area (Å²) in [5.74, 6) is 1.93. The Morgan fingerprint density at radius 1 is 0.571 bits per heavy atom. The Kier molecular flexibility index (Phi) is 5.65. The predicted octanol–water partition coefficient (Wildman–Crippen LogP) is 4.58. The van der Waals surface area contributed by atoms with Gasteiger partial charge in [0.1, 0.15) is 11.5 Å². The molecule has 0 aromatic heterocycles. The van der Waals surface area contributed by atoms with Crippen LogP contribution in [0.4, 0.5) is 11.4 Å². The molecule has 0 spiro atoms. The van der Waals surface area contributed by atoms with E-state index in [2.05, 4.69) is 121 Å². The van der Waals surface area contributed by atoms with E-state index < -0.39 is 0 Å². The second kappa shape index (κ2) is 9.10. The van der Waals surface area contributed by atoms with Gasteiger partial charge in [-0.1, -0.05) is 72.8 Å². The van der Waals surface area contributed by atoms with Gasteiger partial charge in [0.15, 0.2) is 0 Å². The molecule has 0 atom stereocenters. The number of benzene rings is 4. The first-order chi connectivity index (χ1) is 17.2. The highest BCUT2D eigenvalue weighted by Gasteiger charge is 2.40. The van der Waals surface area contributed by atoms with Gasteiger partial charge in [-0.3, -0.25) is 0 Å². The van der Waals surface area contributed by atoms with Gasteiger partial charge in [-0.05, 0) is 66.6 Å². The van der Waals surface area contributed by atoms with E-state index in [0.717, 1.165) is 42.4 Å². The predicted molar refractivity (Wildman–Crippen MR) is 147 cm³/mol. The van der Waals surface area contributed by atoms with Crippen LogP contribution in [0, 0.1) is 13.8 Å². The lowest BCUT2D eigenvalue weighted by Gasteiger charge is -2.26. The van der Waals surface area contributed by atoms with Crippen LogP contribution in [0.15, 0.2) is 97.1 Å². The van der Waals surface area contributed by atoms with Crippen molar-refractivity contribution in [2.75, 3.05) is 22.7 Å². The summed E-state index contributed by atoms with van der Waals surface area (Å²) in [4.78, 5) is 4.79. The molecule has 35 heavy (non-hydrogen) atoms. The Morgan fingerprint density at radius 2 is 1.00 bits per heavy atom. The second-order valence-electron chi connectivity index (χ2n) is 9.44. The zero-order valence-corrected chi connectivity index (χ0v) is 20.2. The van der Waals surface area contributed by atoms with E-state index >= 15 is 0 Å². The number of rotatable bonds is 6. The van der Waals surface area contributed by atoms with Gasteiger partial charge >= 0.3 is 14.1 Å². The van der Waals surface area contributed by atoms with E-state index in [-0.39, 0.29) is 14.1 Å². The van der Waals surface area contributed by atoms with Crippen LogP contribution in [0.1, 0.15) is 17.5 Å². The highest BCUT2D eigenvalue weighted by molar-refractivity contribution is 6.73. The smallest absolute Gasteiger partial charge is 0.519 e. The Hall–Kier alpha value is -3.79. The van der Waals surface area contributed by atoms with E-state index in [0.29, 0.717) is 0 Å². The number of anilines is 2. The van der Waals surface area contributed by atoms with Crippen LogP contribution in [0.5, 0.6) is 11.5 Å². The molecule has 0 saturated carbocycles. The zero-order valence-electron chi connectivity index (χ0n) is 20.2. The molecule has 0 N–H and O–H groups in total. The number of aryl methyl sites for hydroxylation is 2. The van der Waals surface area contributed by atoms with Gasteiger partial charge in [-0.2, -0.15) is 0 Å². The fraction of sp³-hybridized carbons (Fsp3) is 0.172. The molecule has 0 aliphatic carbocycles. The molecule has 0 radical (unpaired) electrons. The second-order valence-corrected chi connectivity index (χ2v) is 9.44. The molecule has 0 unspecified atom stereocenters. The molecule has 4 aromatic rings. The standard InChI is InChI=1S/C29H28B2N2O2/c1-22-14-16-26-28(20-22)34-30(24-10-5-3-6-11-24)32(26)18-9-19-33-27-17-15-23(2)21-29(27)35-31(33)25-12-7-4-8-13-25/h3-8,10-17,20-21H,9,18-19H2,1-2H3. The van der Waals surface area contributed by atoms with Crippen LogP contribution in [0.3, 0.4) is 0 Å². The van der Waals surface area contributed by atoms with E-state index in [1.165, 1.54) is 22.1 Å². The zero-order chi connectivity index (χ0) is 23.8. The van der Waals surface area contributed by atoms with Gasteiger partial charge in [-0.25, -0.2) is 0 Å². The van der Waals surface area contributed by atoms with Gasteiger partial charge in [0.05, 0.1) is 11.4 Å². The van der Waals surface area contributed by atoms with Crippen LogP contribution < -0.4 is 29.9 Å². The maximum absolute atomic E-state index is 6.46. The van der Waals surface area contributed by atoms with Gasteiger partial charge < -0.3 is 18.9 Å². The third kappa shape index (κ3) is 4.14. The highest BCUT2D eigenvalue weighted by atomic mass is 16.5. The lowest BCUT2D eigenvalue weighted by molar-refractivity contribution is 0.597. The molecule has 4 aromatic carbocycles. The van der Waals surface area contributed by atoms with Crippen molar-refractivity contribution in [1.82, 2.24) is 0 Å². The molecule has 6 rings (SSSR count). The highest BCUT2D eigenvalue weighted by Crippen LogP contribution is 2.38. The molecule has 2 heterocycles. The third-order valence-electron chi connectivity index (χ3n) is 6.86. The average Bonchev–Trinajstić information content (AvgIpc) is 3.43. The fourth-order valence-electron chi connectivity index (χ4n) is 5.14. The van der Waals surface area contributed by atoms with Crippen LogP contribution >= 0.6 is 0 Å². The average molecular weight is 458 g/mol. The number of hydrogen-bond donors (Lipinski definition) is 0. The number of fused-ring (bicyclic) bond motifs is 2. The van der Waals surface area contributed by atoms with Crippen LogP contribution in [-0.4, -0.2) is 27.2 Å². The van der Waals surface area contributed by atoms with Crippen molar-refractivity contribution < 1.29 is 9.31 Å². The Labute approximate surface area is 208 Å². The lowest BCUT2D eigenvalue weighted by Crippen LogP contribution is -2.52. The van der Waals surface area contributed by atoms with Crippen molar-refractivity contribution in [3.05, 3.63) is 108 Å². The molecule has 2 aliphatic heterocycles. The summed E-state index contributed by atoms with van der Waals surface area (Å²) < 4.78 is 12.9. The quantitative estimate of drug-likeness (QED) is 0.395. The molecular weight excluding hydrogens is 430 g/mol. The van der Waals surface area contributed by atoms with E-state index in [1.807, 2.05) is 0 Å². The van der Waals surface area contributed by atoms with Crippen molar-refractivity contribution in [2.45, 2.75) is 20.3 Å². The summed E-state index contributed by atoms with van der Waals surface area (Å²) in [5.41, 5.74) is 7.10. The molecule has 0 bridgehead atoms. The molecule has 172 valence electrons. The van der Waals surface area contributed by atoms with Gasteiger partial charge in [0, 0.05) is 13.1 Å². The first-order valence-corrected chi connectivity index (χ1v) is 12.4. The molecule has 0 saturated heterocycles. The summed E-state index contributed by atoms with van der Waals surface area (Å²) >= 11 is 0. The summed E-state index contributed by atoms with van der Waals surface area (Å²) in [6.07, 6.45) is 0.972. The summed E-state index contributed by atoms with van der Waals surface area (Å²) in [6, 6.07) is 34.0. The minimum absolute atomic E-state index is 0.109. The monoisotopic (exact) mass is 458 g/mol. The maximum Gasteiger partial charge on any atom is 0.519 e. The Balaban J connectivity index is 1.25. The largest absolute Gasteiger partial charge is 0.536 e. The molecular formula is C29H28B2N2O2. The first-order valence-electron chi connectivity index (χ1n) is 12.4.